The maximum atomic E-state index is 5.01. The van der Waals surface area contributed by atoms with Gasteiger partial charge in [0.2, 0.25) is 0 Å². The van der Waals surface area contributed by atoms with Gasteiger partial charge in [0.05, 0.1) is 6.20 Å². The van der Waals surface area contributed by atoms with E-state index in [9.17, 15) is 0 Å². The summed E-state index contributed by atoms with van der Waals surface area (Å²) in [4.78, 5) is 0. The molecule has 0 bridgehead atoms. The van der Waals surface area contributed by atoms with Gasteiger partial charge < -0.3 is 4.52 Å². The van der Waals surface area contributed by atoms with Crippen molar-refractivity contribution >= 4 is 0 Å². The summed E-state index contributed by atoms with van der Waals surface area (Å²) in [5.41, 5.74) is 0. The Morgan fingerprint density at radius 3 is 3.00 bits per heavy atom. The first-order valence-corrected chi connectivity index (χ1v) is 3.62. The highest BCUT2D eigenvalue weighted by molar-refractivity contribution is 5.21. The Hall–Kier alpha value is -0.790. The van der Waals surface area contributed by atoms with Crippen LogP contribution >= 0.6 is 0 Å². The SMILES string of the molecule is C[C](c1ccno1)C1CC1. The van der Waals surface area contributed by atoms with Gasteiger partial charge in [0.15, 0.2) is 0 Å². The average molecular weight is 136 g/mol. The van der Waals surface area contributed by atoms with Crippen molar-refractivity contribution < 1.29 is 4.52 Å². The number of rotatable bonds is 2. The normalized spacial score (nSPS) is 18.2. The van der Waals surface area contributed by atoms with E-state index in [0.29, 0.717) is 0 Å². The van der Waals surface area contributed by atoms with Gasteiger partial charge >= 0.3 is 0 Å². The Labute approximate surface area is 60.2 Å². The molecule has 0 N–H and O–H groups in total. The van der Waals surface area contributed by atoms with Crippen LogP contribution in [0.4, 0.5) is 0 Å². The minimum absolute atomic E-state index is 0.785. The zero-order valence-corrected chi connectivity index (χ0v) is 6.00. The first-order valence-electron chi connectivity index (χ1n) is 3.62. The molecule has 10 heavy (non-hydrogen) atoms. The fraction of sp³-hybridized carbons (Fsp3) is 0.500. The van der Waals surface area contributed by atoms with Gasteiger partial charge in [-0.25, -0.2) is 0 Å². The van der Waals surface area contributed by atoms with Crippen molar-refractivity contribution in [1.82, 2.24) is 5.16 Å². The van der Waals surface area contributed by atoms with Crippen molar-refractivity contribution in [2.75, 3.05) is 0 Å². The van der Waals surface area contributed by atoms with Crippen molar-refractivity contribution in [3.05, 3.63) is 23.9 Å². The topological polar surface area (TPSA) is 26.0 Å². The molecule has 1 aliphatic rings. The molecular formula is C8H10NO. The summed E-state index contributed by atoms with van der Waals surface area (Å²) in [5.74, 6) is 3.10. The predicted molar refractivity (Wildman–Crippen MR) is 37.2 cm³/mol. The van der Waals surface area contributed by atoms with E-state index in [-0.39, 0.29) is 0 Å². The standard InChI is InChI=1S/C8H10NO/c1-6(7-2-3-7)8-4-5-9-10-8/h4-5,7H,2-3H2,1H3. The van der Waals surface area contributed by atoms with Crippen molar-refractivity contribution in [3.63, 3.8) is 0 Å². The van der Waals surface area contributed by atoms with Gasteiger partial charge in [-0.15, -0.1) is 0 Å². The highest BCUT2D eigenvalue weighted by Crippen LogP contribution is 2.41. The van der Waals surface area contributed by atoms with E-state index in [1.165, 1.54) is 18.8 Å². The third-order valence-corrected chi connectivity index (χ3v) is 2.02. The second-order valence-corrected chi connectivity index (χ2v) is 2.83. The lowest BCUT2D eigenvalue weighted by molar-refractivity contribution is 0.388. The van der Waals surface area contributed by atoms with E-state index < -0.39 is 0 Å². The summed E-state index contributed by atoms with van der Waals surface area (Å²) in [7, 11) is 0. The largest absolute Gasteiger partial charge is 0.361 e. The highest BCUT2D eigenvalue weighted by Gasteiger charge is 2.31. The molecule has 1 radical (unpaired) electrons. The average Bonchev–Trinajstić information content (AvgIpc) is 2.65. The molecule has 0 spiro atoms. The van der Waals surface area contributed by atoms with Crippen LogP contribution in [-0.4, -0.2) is 5.16 Å². The lowest BCUT2D eigenvalue weighted by Gasteiger charge is -2.01. The van der Waals surface area contributed by atoms with E-state index >= 15 is 0 Å². The van der Waals surface area contributed by atoms with Crippen LogP contribution in [0.3, 0.4) is 0 Å². The van der Waals surface area contributed by atoms with Gasteiger partial charge in [-0.1, -0.05) is 12.1 Å². The number of aromatic nitrogens is 1. The second-order valence-electron chi connectivity index (χ2n) is 2.83. The highest BCUT2D eigenvalue weighted by atomic mass is 16.5. The van der Waals surface area contributed by atoms with Crippen LogP contribution in [0.1, 0.15) is 25.5 Å². The van der Waals surface area contributed by atoms with Gasteiger partial charge in [0, 0.05) is 12.0 Å². The van der Waals surface area contributed by atoms with E-state index in [1.54, 1.807) is 6.20 Å². The Bertz CT molecular complexity index is 201. The summed E-state index contributed by atoms with van der Waals surface area (Å²) in [5, 5.41) is 3.66. The van der Waals surface area contributed by atoms with Crippen molar-refractivity contribution in [2.45, 2.75) is 19.8 Å². The van der Waals surface area contributed by atoms with E-state index in [2.05, 4.69) is 12.1 Å². The van der Waals surface area contributed by atoms with Gasteiger partial charge in [0.1, 0.15) is 5.76 Å². The summed E-state index contributed by atoms with van der Waals surface area (Å²) in [6.45, 7) is 2.12. The summed E-state index contributed by atoms with van der Waals surface area (Å²) in [6.07, 6.45) is 4.35. The molecular weight excluding hydrogens is 126 g/mol. The lowest BCUT2D eigenvalue weighted by Crippen LogP contribution is -1.93. The second kappa shape index (κ2) is 2.11. The van der Waals surface area contributed by atoms with Crippen LogP contribution in [0.15, 0.2) is 16.8 Å². The number of hydrogen-bond acceptors (Lipinski definition) is 2. The molecule has 0 unspecified atom stereocenters. The monoisotopic (exact) mass is 136 g/mol. The van der Waals surface area contributed by atoms with Crippen LogP contribution in [0, 0.1) is 11.8 Å². The van der Waals surface area contributed by atoms with E-state index in [4.69, 9.17) is 4.52 Å². The van der Waals surface area contributed by atoms with Gasteiger partial charge in [0.25, 0.3) is 0 Å². The Morgan fingerprint density at radius 1 is 1.70 bits per heavy atom. The minimum Gasteiger partial charge on any atom is -0.361 e. The zero-order chi connectivity index (χ0) is 6.97. The summed E-state index contributed by atoms with van der Waals surface area (Å²) in [6, 6.07) is 1.92. The quantitative estimate of drug-likeness (QED) is 0.621. The lowest BCUT2D eigenvalue weighted by atomic mass is 10.0. The Morgan fingerprint density at radius 2 is 2.50 bits per heavy atom. The molecule has 0 saturated heterocycles. The molecule has 1 aromatic rings. The Kier molecular flexibility index (Phi) is 1.26. The van der Waals surface area contributed by atoms with Crippen LogP contribution in [0.5, 0.6) is 0 Å². The molecule has 1 saturated carbocycles. The van der Waals surface area contributed by atoms with Crippen molar-refractivity contribution in [2.24, 2.45) is 5.92 Å². The predicted octanol–water partition coefficient (Wildman–Crippen LogP) is 2.03. The van der Waals surface area contributed by atoms with Crippen LogP contribution in [0.2, 0.25) is 0 Å². The van der Waals surface area contributed by atoms with Crippen LogP contribution < -0.4 is 0 Å². The fourth-order valence-electron chi connectivity index (χ4n) is 1.14. The summed E-state index contributed by atoms with van der Waals surface area (Å²) < 4.78 is 5.01. The fourth-order valence-corrected chi connectivity index (χ4v) is 1.14. The molecule has 0 aromatic carbocycles. The van der Waals surface area contributed by atoms with Gasteiger partial charge in [-0.05, 0) is 18.8 Å². The molecule has 2 rings (SSSR count). The number of hydrogen-bond donors (Lipinski definition) is 0. The molecule has 0 amide bonds. The zero-order valence-electron chi connectivity index (χ0n) is 6.00. The van der Waals surface area contributed by atoms with Crippen molar-refractivity contribution in [1.29, 1.82) is 0 Å². The molecule has 2 nitrogen and oxygen atoms in total. The van der Waals surface area contributed by atoms with Crippen molar-refractivity contribution in [3.8, 4) is 0 Å². The van der Waals surface area contributed by atoms with E-state index in [1.807, 2.05) is 6.07 Å². The summed E-state index contributed by atoms with van der Waals surface area (Å²) >= 11 is 0. The molecule has 1 aromatic heterocycles. The van der Waals surface area contributed by atoms with Gasteiger partial charge in [-0.3, -0.25) is 0 Å². The molecule has 1 fully saturated rings. The van der Waals surface area contributed by atoms with Crippen LogP contribution in [0.25, 0.3) is 0 Å². The first-order chi connectivity index (χ1) is 4.88. The molecule has 0 aliphatic heterocycles. The Balaban J connectivity index is 2.11. The molecule has 2 heteroatoms. The maximum absolute atomic E-state index is 5.01. The number of nitrogens with zero attached hydrogens (tertiary/aromatic N) is 1. The van der Waals surface area contributed by atoms with E-state index in [0.717, 1.165) is 11.7 Å². The third kappa shape index (κ3) is 0.939. The maximum Gasteiger partial charge on any atom is 0.143 e. The van der Waals surface area contributed by atoms with Crippen LogP contribution in [-0.2, 0) is 0 Å². The van der Waals surface area contributed by atoms with Gasteiger partial charge in [-0.2, -0.15) is 0 Å². The first kappa shape index (κ1) is 5.96. The third-order valence-electron chi connectivity index (χ3n) is 2.02. The minimum atomic E-state index is 0.785. The molecule has 1 aliphatic carbocycles. The molecule has 0 atom stereocenters. The smallest absolute Gasteiger partial charge is 0.143 e. The molecule has 53 valence electrons. The molecule has 1 heterocycles.